The van der Waals surface area contributed by atoms with Gasteiger partial charge >= 0.3 is 6.18 Å². The molecule has 0 aliphatic heterocycles. The van der Waals surface area contributed by atoms with Crippen molar-refractivity contribution in [1.82, 2.24) is 9.97 Å². The van der Waals surface area contributed by atoms with Gasteiger partial charge in [-0.25, -0.2) is 9.97 Å². The van der Waals surface area contributed by atoms with E-state index in [1.165, 1.54) is 24.3 Å². The number of nitrogens with zero attached hydrogens (tertiary/aromatic N) is 2. The maximum Gasteiger partial charge on any atom is 0.417 e. The zero-order valence-corrected chi connectivity index (χ0v) is 12.3. The Morgan fingerprint density at radius 2 is 1.70 bits per heavy atom. The summed E-state index contributed by atoms with van der Waals surface area (Å²) < 4.78 is 39.5. The summed E-state index contributed by atoms with van der Waals surface area (Å²) in [6, 6.07) is 17.2. The molecule has 2 nitrogen and oxygen atoms in total. The van der Waals surface area contributed by atoms with Crippen LogP contribution in [0.2, 0.25) is 5.28 Å². The standard InChI is InChI=1S/C17H8ClF3N2/c18-16-22-14(11-6-2-1-3-7-11)10-15(23-16)12-8-4-5-9-13(12)17(19,20)21/h2,4-10H. The Morgan fingerprint density at radius 3 is 2.39 bits per heavy atom. The first-order chi connectivity index (χ1) is 10.9. The van der Waals surface area contributed by atoms with Crippen molar-refractivity contribution in [2.75, 3.05) is 0 Å². The van der Waals surface area contributed by atoms with Gasteiger partial charge in [-0.15, -0.1) is 0 Å². The molecule has 0 saturated carbocycles. The molecule has 0 radical (unpaired) electrons. The molecule has 0 N–H and O–H groups in total. The minimum absolute atomic E-state index is 0.0444. The van der Waals surface area contributed by atoms with Crippen molar-refractivity contribution in [1.29, 1.82) is 0 Å². The van der Waals surface area contributed by atoms with Crippen LogP contribution < -0.4 is 0 Å². The predicted octanol–water partition coefficient (Wildman–Crippen LogP) is 5.08. The van der Waals surface area contributed by atoms with Gasteiger partial charge in [-0.05, 0) is 41.9 Å². The van der Waals surface area contributed by atoms with Gasteiger partial charge in [0.05, 0.1) is 17.0 Å². The Bertz CT molecular complexity index is 833. The zero-order valence-electron chi connectivity index (χ0n) is 11.5. The third-order valence-corrected chi connectivity index (χ3v) is 3.33. The summed E-state index contributed by atoms with van der Waals surface area (Å²) in [6.07, 6.45) is -4.48. The van der Waals surface area contributed by atoms with Crippen molar-refractivity contribution in [2.45, 2.75) is 6.18 Å². The van der Waals surface area contributed by atoms with E-state index in [0.717, 1.165) is 6.07 Å². The molecule has 0 aliphatic rings. The van der Waals surface area contributed by atoms with Gasteiger partial charge in [-0.2, -0.15) is 13.2 Å². The smallest absolute Gasteiger partial charge is 0.218 e. The van der Waals surface area contributed by atoms with Gasteiger partial charge in [0, 0.05) is 11.1 Å². The second kappa shape index (κ2) is 5.90. The third kappa shape index (κ3) is 3.27. The molecule has 0 amide bonds. The highest BCUT2D eigenvalue weighted by Crippen LogP contribution is 2.37. The van der Waals surface area contributed by atoms with Crippen molar-refractivity contribution in [3.63, 3.8) is 0 Å². The van der Waals surface area contributed by atoms with E-state index in [1.807, 2.05) is 0 Å². The lowest BCUT2D eigenvalue weighted by Gasteiger charge is -2.13. The molecular weight excluding hydrogens is 325 g/mol. The molecule has 3 aromatic rings. The lowest BCUT2D eigenvalue weighted by molar-refractivity contribution is -0.137. The van der Waals surface area contributed by atoms with Gasteiger partial charge in [0.2, 0.25) is 5.28 Å². The molecule has 0 saturated heterocycles. The molecule has 0 bridgehead atoms. The Morgan fingerprint density at radius 1 is 0.957 bits per heavy atom. The summed E-state index contributed by atoms with van der Waals surface area (Å²) in [7, 11) is 0. The summed E-state index contributed by atoms with van der Waals surface area (Å²) in [6.45, 7) is 0. The molecule has 0 spiro atoms. The molecule has 1 aromatic heterocycles. The highest BCUT2D eigenvalue weighted by Gasteiger charge is 2.33. The number of halogens is 4. The van der Waals surface area contributed by atoms with E-state index in [1.54, 1.807) is 18.2 Å². The molecule has 23 heavy (non-hydrogen) atoms. The van der Waals surface area contributed by atoms with Crippen LogP contribution in [-0.4, -0.2) is 9.97 Å². The van der Waals surface area contributed by atoms with Gasteiger partial charge in [-0.3, -0.25) is 0 Å². The van der Waals surface area contributed by atoms with E-state index in [9.17, 15) is 13.2 Å². The predicted molar refractivity (Wildman–Crippen MR) is 80.6 cm³/mol. The van der Waals surface area contributed by atoms with Crippen LogP contribution in [-0.2, 0) is 6.18 Å². The molecule has 3 rings (SSSR count). The Kier molecular flexibility index (Phi) is 3.93. The van der Waals surface area contributed by atoms with Crippen molar-refractivity contribution in [2.24, 2.45) is 0 Å². The van der Waals surface area contributed by atoms with Gasteiger partial charge in [0.15, 0.2) is 0 Å². The molecule has 1 heterocycles. The van der Waals surface area contributed by atoms with Gasteiger partial charge < -0.3 is 0 Å². The SMILES string of the molecule is FC(F)(F)c1ccccc1-c1cc(-c2cc#ccc2)nc(Cl)n1. The topological polar surface area (TPSA) is 25.8 Å². The molecule has 0 aliphatic carbocycles. The van der Waals surface area contributed by atoms with Crippen LogP contribution in [0.5, 0.6) is 0 Å². The number of alkyl halides is 3. The van der Waals surface area contributed by atoms with Crippen LogP contribution in [0.1, 0.15) is 5.56 Å². The molecule has 0 atom stereocenters. The Balaban J connectivity index is 2.18. The van der Waals surface area contributed by atoms with E-state index in [2.05, 4.69) is 22.1 Å². The molecule has 0 unspecified atom stereocenters. The lowest BCUT2D eigenvalue weighted by Crippen LogP contribution is -2.07. The van der Waals surface area contributed by atoms with Crippen LogP contribution in [0.15, 0.2) is 48.5 Å². The number of hydrogen-bond donors (Lipinski definition) is 0. The summed E-state index contributed by atoms with van der Waals surface area (Å²) in [5.74, 6) is 0. The molecular formula is C17H8ClF3N2. The highest BCUT2D eigenvalue weighted by molar-refractivity contribution is 6.28. The fourth-order valence-electron chi connectivity index (χ4n) is 2.16. The zero-order chi connectivity index (χ0) is 16.4. The Hall–Kier alpha value is -2.58. The largest absolute Gasteiger partial charge is 0.417 e. The highest BCUT2D eigenvalue weighted by atomic mass is 35.5. The van der Waals surface area contributed by atoms with Crippen LogP contribution in [0, 0.1) is 12.1 Å². The first-order valence-corrected chi connectivity index (χ1v) is 6.92. The fraction of sp³-hybridized carbons (Fsp3) is 0.0588. The Labute approximate surface area is 135 Å². The quantitative estimate of drug-likeness (QED) is 0.611. The number of rotatable bonds is 2. The summed E-state index contributed by atoms with van der Waals surface area (Å²) in [5.41, 5.74) is 0.382. The first-order valence-electron chi connectivity index (χ1n) is 6.54. The van der Waals surface area contributed by atoms with E-state index < -0.39 is 11.7 Å². The molecule has 2 aromatic carbocycles. The van der Waals surface area contributed by atoms with Crippen molar-refractivity contribution < 1.29 is 13.2 Å². The third-order valence-electron chi connectivity index (χ3n) is 3.16. The maximum atomic E-state index is 13.2. The van der Waals surface area contributed by atoms with E-state index in [0.29, 0.717) is 11.3 Å². The minimum Gasteiger partial charge on any atom is -0.218 e. The second-order valence-corrected chi connectivity index (χ2v) is 5.01. The number of hydrogen-bond acceptors (Lipinski definition) is 2. The second-order valence-electron chi connectivity index (χ2n) is 4.67. The van der Waals surface area contributed by atoms with E-state index in [4.69, 9.17) is 11.6 Å². The minimum atomic E-state index is -4.48. The normalized spacial score (nSPS) is 11.1. The fourth-order valence-corrected chi connectivity index (χ4v) is 2.35. The van der Waals surface area contributed by atoms with Gasteiger partial charge in [0.1, 0.15) is 0 Å². The molecule has 6 heteroatoms. The van der Waals surface area contributed by atoms with E-state index >= 15 is 0 Å². The van der Waals surface area contributed by atoms with Crippen molar-refractivity contribution >= 4 is 11.6 Å². The first kappa shape index (κ1) is 15.3. The molecule has 114 valence electrons. The summed E-state index contributed by atoms with van der Waals surface area (Å²) >= 11 is 5.89. The average molecular weight is 333 g/mol. The monoisotopic (exact) mass is 332 g/mol. The summed E-state index contributed by atoms with van der Waals surface area (Å²) in [4.78, 5) is 8.00. The van der Waals surface area contributed by atoms with Gasteiger partial charge in [0.25, 0.3) is 0 Å². The van der Waals surface area contributed by atoms with E-state index in [-0.39, 0.29) is 16.5 Å². The lowest BCUT2D eigenvalue weighted by atomic mass is 10.0. The van der Waals surface area contributed by atoms with Crippen molar-refractivity contribution in [3.05, 3.63) is 71.5 Å². The van der Waals surface area contributed by atoms with Crippen LogP contribution in [0.3, 0.4) is 0 Å². The molecule has 0 fully saturated rings. The van der Waals surface area contributed by atoms with Crippen LogP contribution in [0.25, 0.3) is 22.5 Å². The van der Waals surface area contributed by atoms with Crippen LogP contribution >= 0.6 is 11.6 Å². The maximum absolute atomic E-state index is 13.2. The summed E-state index contributed by atoms with van der Waals surface area (Å²) in [5, 5.41) is -0.123. The van der Waals surface area contributed by atoms with Crippen LogP contribution in [0.4, 0.5) is 13.2 Å². The average Bonchev–Trinajstić information content (AvgIpc) is 2.54. The van der Waals surface area contributed by atoms with Gasteiger partial charge in [-0.1, -0.05) is 30.3 Å². The number of benzene rings is 1. The van der Waals surface area contributed by atoms with Crippen molar-refractivity contribution in [3.8, 4) is 22.5 Å². The number of aromatic nitrogens is 2.